The zero-order valence-electron chi connectivity index (χ0n) is 15.8. The molecule has 2 aromatic carbocycles. The summed E-state index contributed by atoms with van der Waals surface area (Å²) in [4.78, 5) is 12.6. The average Bonchev–Trinajstić information content (AvgIpc) is 3.03. The Morgan fingerprint density at radius 3 is 2.68 bits per heavy atom. The number of ether oxygens (including phenoxy) is 1. The van der Waals surface area contributed by atoms with Gasteiger partial charge in [-0.1, -0.05) is 26.0 Å². The number of methoxy groups -OCH3 is 1. The van der Waals surface area contributed by atoms with Crippen LogP contribution in [0, 0.1) is 17.6 Å². The van der Waals surface area contributed by atoms with Gasteiger partial charge in [0.1, 0.15) is 23.1 Å². The lowest BCUT2D eigenvalue weighted by atomic mass is 10.0. The van der Waals surface area contributed by atoms with Crippen LogP contribution in [-0.4, -0.2) is 23.2 Å². The van der Waals surface area contributed by atoms with Crippen molar-refractivity contribution in [3.63, 3.8) is 0 Å². The molecule has 0 saturated carbocycles. The summed E-state index contributed by atoms with van der Waals surface area (Å²) in [5, 5.41) is 10.1. The van der Waals surface area contributed by atoms with Crippen molar-refractivity contribution in [2.75, 3.05) is 12.4 Å². The topological polar surface area (TPSA) is 67.0 Å². The smallest absolute Gasteiger partial charge is 0.258 e. The first kappa shape index (κ1) is 19.5. The average molecular weight is 385 g/mol. The number of nitrogens with one attached hydrogen (secondary N) is 2. The zero-order valence-corrected chi connectivity index (χ0v) is 15.8. The minimum absolute atomic E-state index is 0.241. The molecule has 0 aliphatic heterocycles. The molecule has 28 heavy (non-hydrogen) atoms. The standard InChI is InChI=1S/C21H21F2N3O2/c1-12(2)9-18-20(24-21(27)16-8-7-14(22)11-17(16)23)19(26-25-18)13-5-4-6-15(10-13)28-3/h4-8,10-12H,9H2,1-3H3,(H,24,27)(H,25,26). The third-order valence-electron chi connectivity index (χ3n) is 4.21. The van der Waals surface area contributed by atoms with Gasteiger partial charge in [-0.05, 0) is 36.6 Å². The van der Waals surface area contributed by atoms with E-state index in [1.807, 2.05) is 26.0 Å². The highest BCUT2D eigenvalue weighted by Crippen LogP contribution is 2.32. The molecule has 1 aromatic heterocycles. The molecule has 0 spiro atoms. The molecular weight excluding hydrogens is 364 g/mol. The van der Waals surface area contributed by atoms with Crippen LogP contribution in [0.1, 0.15) is 29.9 Å². The first-order valence-electron chi connectivity index (χ1n) is 8.87. The molecule has 0 aliphatic carbocycles. The van der Waals surface area contributed by atoms with E-state index >= 15 is 0 Å². The van der Waals surface area contributed by atoms with Crippen molar-refractivity contribution in [3.8, 4) is 17.0 Å². The van der Waals surface area contributed by atoms with E-state index < -0.39 is 17.5 Å². The Hall–Kier alpha value is -3.22. The highest BCUT2D eigenvalue weighted by Gasteiger charge is 2.21. The zero-order chi connectivity index (χ0) is 20.3. The monoisotopic (exact) mass is 385 g/mol. The van der Waals surface area contributed by atoms with E-state index in [4.69, 9.17) is 4.74 Å². The number of carbonyl (C=O) groups is 1. The number of nitrogens with zero attached hydrogens (tertiary/aromatic N) is 1. The van der Waals surface area contributed by atoms with Crippen LogP contribution in [0.4, 0.5) is 14.5 Å². The second-order valence-corrected chi connectivity index (χ2v) is 6.83. The summed E-state index contributed by atoms with van der Waals surface area (Å²) in [6, 6.07) is 10.1. The Balaban J connectivity index is 2.01. The quantitative estimate of drug-likeness (QED) is 0.640. The van der Waals surface area contributed by atoms with Gasteiger partial charge in [0.25, 0.3) is 5.91 Å². The van der Waals surface area contributed by atoms with E-state index in [2.05, 4.69) is 15.5 Å². The summed E-state index contributed by atoms with van der Waals surface area (Å²) >= 11 is 0. The van der Waals surface area contributed by atoms with Crippen molar-refractivity contribution in [1.82, 2.24) is 10.2 Å². The number of benzene rings is 2. The van der Waals surface area contributed by atoms with Gasteiger partial charge in [-0.2, -0.15) is 5.10 Å². The maximum Gasteiger partial charge on any atom is 0.258 e. The van der Waals surface area contributed by atoms with Gasteiger partial charge in [-0.15, -0.1) is 0 Å². The van der Waals surface area contributed by atoms with Crippen LogP contribution in [0.25, 0.3) is 11.3 Å². The second kappa shape index (κ2) is 8.21. The third kappa shape index (κ3) is 4.19. The van der Waals surface area contributed by atoms with E-state index in [0.29, 0.717) is 35.5 Å². The molecular formula is C21H21F2N3O2. The number of hydrogen-bond donors (Lipinski definition) is 2. The molecule has 5 nitrogen and oxygen atoms in total. The fraction of sp³-hybridized carbons (Fsp3) is 0.238. The first-order valence-corrected chi connectivity index (χ1v) is 8.87. The molecule has 0 bridgehead atoms. The number of halogens is 2. The molecule has 3 aromatic rings. The second-order valence-electron chi connectivity index (χ2n) is 6.83. The molecule has 0 aliphatic rings. The third-order valence-corrected chi connectivity index (χ3v) is 4.21. The van der Waals surface area contributed by atoms with Gasteiger partial charge in [-0.3, -0.25) is 9.89 Å². The van der Waals surface area contributed by atoms with Crippen molar-refractivity contribution in [2.24, 2.45) is 5.92 Å². The molecule has 0 unspecified atom stereocenters. The molecule has 2 N–H and O–H groups in total. The summed E-state index contributed by atoms with van der Waals surface area (Å²) in [6.07, 6.45) is 0.637. The molecule has 0 saturated heterocycles. The van der Waals surface area contributed by atoms with Gasteiger partial charge >= 0.3 is 0 Å². The molecule has 1 heterocycles. The highest BCUT2D eigenvalue weighted by molar-refractivity contribution is 6.06. The minimum atomic E-state index is -0.922. The number of rotatable bonds is 6. The van der Waals surface area contributed by atoms with Crippen LogP contribution < -0.4 is 10.1 Å². The van der Waals surface area contributed by atoms with Crippen LogP contribution in [0.3, 0.4) is 0 Å². The molecule has 0 fully saturated rings. The summed E-state index contributed by atoms with van der Waals surface area (Å²) in [6.45, 7) is 4.08. The minimum Gasteiger partial charge on any atom is -0.497 e. The summed E-state index contributed by atoms with van der Waals surface area (Å²) in [5.41, 5.74) is 2.21. The number of aromatic nitrogens is 2. The number of carbonyl (C=O) groups excluding carboxylic acids is 1. The first-order chi connectivity index (χ1) is 13.4. The Labute approximate surface area is 161 Å². The van der Waals surface area contributed by atoms with E-state index in [9.17, 15) is 13.6 Å². The lowest BCUT2D eigenvalue weighted by Gasteiger charge is -2.11. The van der Waals surface area contributed by atoms with Gasteiger partial charge in [0.15, 0.2) is 0 Å². The summed E-state index contributed by atoms with van der Waals surface area (Å²) in [5.74, 6) is -1.39. The maximum atomic E-state index is 14.0. The molecule has 0 atom stereocenters. The Morgan fingerprint density at radius 1 is 1.21 bits per heavy atom. The van der Waals surface area contributed by atoms with Crippen molar-refractivity contribution in [2.45, 2.75) is 20.3 Å². The summed E-state index contributed by atoms with van der Waals surface area (Å²) < 4.78 is 32.4. The van der Waals surface area contributed by atoms with E-state index in [0.717, 1.165) is 23.4 Å². The van der Waals surface area contributed by atoms with Gasteiger partial charge in [-0.25, -0.2) is 8.78 Å². The fourth-order valence-corrected chi connectivity index (χ4v) is 2.90. The summed E-state index contributed by atoms with van der Waals surface area (Å²) in [7, 11) is 1.56. The lowest BCUT2D eigenvalue weighted by molar-refractivity contribution is 0.102. The normalized spacial score (nSPS) is 10.9. The number of aromatic amines is 1. The largest absolute Gasteiger partial charge is 0.497 e. The van der Waals surface area contributed by atoms with Crippen molar-refractivity contribution in [3.05, 3.63) is 65.4 Å². The molecule has 1 amide bonds. The van der Waals surface area contributed by atoms with Gasteiger partial charge < -0.3 is 10.1 Å². The van der Waals surface area contributed by atoms with Crippen molar-refractivity contribution >= 4 is 11.6 Å². The lowest BCUT2D eigenvalue weighted by Crippen LogP contribution is -2.15. The SMILES string of the molecule is COc1cccc(-c2n[nH]c(CC(C)C)c2NC(=O)c2ccc(F)cc2F)c1. The molecule has 7 heteroatoms. The Kier molecular flexibility index (Phi) is 5.73. The van der Waals surface area contributed by atoms with Crippen LogP contribution in [-0.2, 0) is 6.42 Å². The molecule has 146 valence electrons. The number of anilines is 1. The predicted octanol–water partition coefficient (Wildman–Crippen LogP) is 4.81. The van der Waals surface area contributed by atoms with Gasteiger partial charge in [0.05, 0.1) is 24.1 Å². The van der Waals surface area contributed by atoms with E-state index in [-0.39, 0.29) is 5.56 Å². The fourth-order valence-electron chi connectivity index (χ4n) is 2.90. The number of H-pyrrole nitrogens is 1. The number of amides is 1. The maximum absolute atomic E-state index is 14.0. The van der Waals surface area contributed by atoms with Crippen LogP contribution >= 0.6 is 0 Å². The number of hydrogen-bond acceptors (Lipinski definition) is 3. The highest BCUT2D eigenvalue weighted by atomic mass is 19.1. The van der Waals surface area contributed by atoms with Crippen molar-refractivity contribution in [1.29, 1.82) is 0 Å². The Morgan fingerprint density at radius 2 is 2.00 bits per heavy atom. The van der Waals surface area contributed by atoms with Crippen LogP contribution in [0.2, 0.25) is 0 Å². The predicted molar refractivity (Wildman–Crippen MR) is 103 cm³/mol. The van der Waals surface area contributed by atoms with Crippen molar-refractivity contribution < 1.29 is 18.3 Å². The van der Waals surface area contributed by atoms with Gasteiger partial charge in [0.2, 0.25) is 0 Å². The van der Waals surface area contributed by atoms with Gasteiger partial charge in [0, 0.05) is 11.6 Å². The van der Waals surface area contributed by atoms with Crippen LogP contribution in [0.5, 0.6) is 5.75 Å². The molecule has 3 rings (SSSR count). The van der Waals surface area contributed by atoms with E-state index in [1.165, 1.54) is 0 Å². The molecule has 0 radical (unpaired) electrons. The van der Waals surface area contributed by atoms with E-state index in [1.54, 1.807) is 19.2 Å². The Bertz CT molecular complexity index is 999. The van der Waals surface area contributed by atoms with Crippen LogP contribution in [0.15, 0.2) is 42.5 Å².